The fourth-order valence-corrected chi connectivity index (χ4v) is 4.07. The van der Waals surface area contributed by atoms with Gasteiger partial charge in [-0.25, -0.2) is 4.98 Å². The van der Waals surface area contributed by atoms with E-state index in [9.17, 15) is 4.79 Å². The van der Waals surface area contributed by atoms with Gasteiger partial charge < -0.3 is 14.4 Å². The van der Waals surface area contributed by atoms with E-state index in [4.69, 9.17) is 14.5 Å². The van der Waals surface area contributed by atoms with Crippen molar-refractivity contribution in [3.8, 4) is 22.1 Å². The number of hydrogen-bond acceptors (Lipinski definition) is 6. The Kier molecular flexibility index (Phi) is 5.14. The van der Waals surface area contributed by atoms with Gasteiger partial charge in [0, 0.05) is 24.9 Å². The number of methoxy groups -OCH3 is 2. The van der Waals surface area contributed by atoms with Crippen LogP contribution in [0.2, 0.25) is 0 Å². The maximum absolute atomic E-state index is 13.3. The Morgan fingerprint density at radius 2 is 1.90 bits per heavy atom. The summed E-state index contributed by atoms with van der Waals surface area (Å²) in [4.78, 5) is 23.7. The Labute approximate surface area is 172 Å². The topological polar surface area (TPSA) is 64.5 Å². The predicted octanol–water partition coefficient (Wildman–Crippen LogP) is 4.65. The number of para-hydroxylation sites is 1. The highest BCUT2D eigenvalue weighted by molar-refractivity contribution is 7.21. The van der Waals surface area contributed by atoms with E-state index in [1.165, 1.54) is 7.11 Å². The normalized spacial score (nSPS) is 10.7. The number of carbonyl (C=O) groups excluding carboxylic acids is 1. The molecule has 0 radical (unpaired) electrons. The Morgan fingerprint density at radius 3 is 2.66 bits per heavy atom. The van der Waals surface area contributed by atoms with Gasteiger partial charge >= 0.3 is 0 Å². The lowest BCUT2D eigenvalue weighted by Crippen LogP contribution is -2.27. The van der Waals surface area contributed by atoms with Crippen molar-refractivity contribution < 1.29 is 14.3 Å². The number of fused-ring (bicyclic) bond motifs is 1. The number of nitrogens with zero attached hydrogens (tertiary/aromatic N) is 3. The summed E-state index contributed by atoms with van der Waals surface area (Å²) in [5.41, 5.74) is 2.95. The number of thiazole rings is 1. The molecule has 4 aromatic rings. The molecule has 4 rings (SSSR count). The summed E-state index contributed by atoms with van der Waals surface area (Å²) in [5.74, 6) is 0.911. The maximum atomic E-state index is 13.3. The molecule has 2 aromatic carbocycles. The van der Waals surface area contributed by atoms with Gasteiger partial charge in [0.25, 0.3) is 5.91 Å². The molecule has 0 aliphatic rings. The lowest BCUT2D eigenvalue weighted by atomic mass is 10.1. The van der Waals surface area contributed by atoms with E-state index in [-0.39, 0.29) is 5.91 Å². The average Bonchev–Trinajstić information content (AvgIpc) is 3.21. The minimum absolute atomic E-state index is 0.181. The second-order valence-corrected chi connectivity index (χ2v) is 7.34. The minimum atomic E-state index is -0.181. The van der Waals surface area contributed by atoms with Gasteiger partial charge in [-0.2, -0.15) is 0 Å². The molecular weight excluding hydrogens is 386 g/mol. The van der Waals surface area contributed by atoms with E-state index in [1.807, 2.05) is 30.3 Å². The van der Waals surface area contributed by atoms with Crippen LogP contribution < -0.4 is 14.4 Å². The molecule has 0 spiro atoms. The zero-order valence-electron chi connectivity index (χ0n) is 16.2. The molecule has 0 bridgehead atoms. The van der Waals surface area contributed by atoms with Crippen LogP contribution in [0.4, 0.5) is 5.69 Å². The van der Waals surface area contributed by atoms with Crippen molar-refractivity contribution in [2.75, 3.05) is 26.2 Å². The van der Waals surface area contributed by atoms with E-state index in [2.05, 4.69) is 4.98 Å². The second kappa shape index (κ2) is 7.89. The molecule has 0 saturated heterocycles. The number of amides is 1. The average molecular weight is 405 g/mol. The molecular formula is C22H19N3O3S. The highest BCUT2D eigenvalue weighted by Crippen LogP contribution is 2.36. The van der Waals surface area contributed by atoms with Gasteiger partial charge in [0.15, 0.2) is 0 Å². The van der Waals surface area contributed by atoms with Crippen molar-refractivity contribution in [1.82, 2.24) is 9.97 Å². The molecule has 0 atom stereocenters. The summed E-state index contributed by atoms with van der Waals surface area (Å²) >= 11 is 1.57. The largest absolute Gasteiger partial charge is 0.497 e. The van der Waals surface area contributed by atoms with Gasteiger partial charge in [0.1, 0.15) is 22.0 Å². The number of rotatable bonds is 5. The lowest BCUT2D eigenvalue weighted by Gasteiger charge is -2.21. The molecule has 0 fully saturated rings. The Balaban J connectivity index is 1.75. The summed E-state index contributed by atoms with van der Waals surface area (Å²) in [6, 6.07) is 14.8. The van der Waals surface area contributed by atoms with E-state index < -0.39 is 0 Å². The molecule has 6 nitrogen and oxygen atoms in total. The van der Waals surface area contributed by atoms with Crippen molar-refractivity contribution in [3.05, 3.63) is 66.5 Å². The van der Waals surface area contributed by atoms with Gasteiger partial charge in [-0.05, 0) is 30.3 Å². The third-order valence-electron chi connectivity index (χ3n) is 4.63. The minimum Gasteiger partial charge on any atom is -0.497 e. The van der Waals surface area contributed by atoms with E-state index in [1.54, 1.807) is 61.0 Å². The smallest absolute Gasteiger partial charge is 0.261 e. The van der Waals surface area contributed by atoms with Crippen LogP contribution in [0, 0.1) is 0 Å². The first-order chi connectivity index (χ1) is 14.1. The van der Waals surface area contributed by atoms with Crippen molar-refractivity contribution >= 4 is 33.1 Å². The van der Waals surface area contributed by atoms with Crippen LogP contribution in [-0.4, -0.2) is 37.1 Å². The fraction of sp³-hybridized carbons (Fsp3) is 0.136. The number of anilines is 1. The Hall–Kier alpha value is -3.45. The number of hydrogen-bond donors (Lipinski definition) is 0. The van der Waals surface area contributed by atoms with Crippen LogP contribution >= 0.6 is 11.3 Å². The molecule has 7 heteroatoms. The van der Waals surface area contributed by atoms with E-state index in [0.717, 1.165) is 26.5 Å². The number of aromatic nitrogens is 2. The molecule has 146 valence electrons. The lowest BCUT2D eigenvalue weighted by molar-refractivity contribution is 0.0990. The number of benzene rings is 2. The van der Waals surface area contributed by atoms with E-state index >= 15 is 0 Å². The summed E-state index contributed by atoms with van der Waals surface area (Å²) in [7, 11) is 4.86. The number of carbonyl (C=O) groups is 1. The van der Waals surface area contributed by atoms with Crippen LogP contribution in [0.5, 0.6) is 11.5 Å². The van der Waals surface area contributed by atoms with Gasteiger partial charge in [0.05, 0.1) is 36.4 Å². The molecule has 1 amide bonds. The molecule has 0 saturated carbocycles. The maximum Gasteiger partial charge on any atom is 0.261 e. The first kappa shape index (κ1) is 18.9. The molecule has 0 unspecified atom stereocenters. The predicted molar refractivity (Wildman–Crippen MR) is 115 cm³/mol. The van der Waals surface area contributed by atoms with E-state index in [0.29, 0.717) is 17.1 Å². The van der Waals surface area contributed by atoms with Crippen LogP contribution in [0.1, 0.15) is 10.4 Å². The van der Waals surface area contributed by atoms with Crippen molar-refractivity contribution in [2.45, 2.75) is 0 Å². The third-order valence-corrected chi connectivity index (χ3v) is 5.70. The zero-order chi connectivity index (χ0) is 20.4. The molecule has 2 aromatic heterocycles. The first-order valence-electron chi connectivity index (χ1n) is 8.92. The van der Waals surface area contributed by atoms with Crippen molar-refractivity contribution in [2.24, 2.45) is 0 Å². The molecule has 2 heterocycles. The summed E-state index contributed by atoms with van der Waals surface area (Å²) in [6.07, 6.45) is 3.50. The summed E-state index contributed by atoms with van der Waals surface area (Å²) < 4.78 is 11.7. The van der Waals surface area contributed by atoms with Gasteiger partial charge in [0.2, 0.25) is 0 Å². The van der Waals surface area contributed by atoms with Crippen molar-refractivity contribution in [1.29, 1.82) is 0 Å². The van der Waals surface area contributed by atoms with Crippen LogP contribution in [0.3, 0.4) is 0 Å². The highest BCUT2D eigenvalue weighted by Gasteiger charge is 2.22. The van der Waals surface area contributed by atoms with Crippen LogP contribution in [0.15, 0.2) is 60.9 Å². The first-order valence-corrected chi connectivity index (χ1v) is 9.74. The SMILES string of the molecule is COc1ccc(C(=O)N(C)c2ccccc2-c2nc3cnccc3s2)c(OC)c1. The molecule has 29 heavy (non-hydrogen) atoms. The molecule has 0 aliphatic heterocycles. The third kappa shape index (κ3) is 3.52. The standard InChI is InChI=1S/C22H19N3O3S/c1-25(22(26)16-9-8-14(27-2)12-19(16)28-3)18-7-5-4-6-15(18)21-24-17-13-23-11-10-20(17)29-21/h4-13H,1-3H3. The zero-order valence-corrected chi connectivity index (χ0v) is 17.1. The second-order valence-electron chi connectivity index (χ2n) is 6.31. The number of ether oxygens (including phenoxy) is 2. The Bertz CT molecular complexity index is 1160. The van der Waals surface area contributed by atoms with Gasteiger partial charge in [-0.3, -0.25) is 9.78 Å². The van der Waals surface area contributed by atoms with Crippen LogP contribution in [0.25, 0.3) is 20.8 Å². The van der Waals surface area contributed by atoms with Crippen LogP contribution in [-0.2, 0) is 0 Å². The quantitative estimate of drug-likeness (QED) is 0.483. The molecule has 0 aliphatic carbocycles. The highest BCUT2D eigenvalue weighted by atomic mass is 32.1. The van der Waals surface area contributed by atoms with Gasteiger partial charge in [-0.1, -0.05) is 12.1 Å². The monoisotopic (exact) mass is 405 g/mol. The summed E-state index contributed by atoms with van der Waals surface area (Å²) in [6.45, 7) is 0. The van der Waals surface area contributed by atoms with Gasteiger partial charge in [-0.15, -0.1) is 11.3 Å². The summed E-state index contributed by atoms with van der Waals surface area (Å²) in [5, 5.41) is 0.838. The Morgan fingerprint density at radius 1 is 1.07 bits per heavy atom. The number of pyridine rings is 1. The fourth-order valence-electron chi connectivity index (χ4n) is 3.11. The van der Waals surface area contributed by atoms with Crippen molar-refractivity contribution in [3.63, 3.8) is 0 Å². The molecule has 0 N–H and O–H groups in total.